The molecule has 0 spiro atoms. The van der Waals surface area contributed by atoms with Crippen molar-refractivity contribution in [3.63, 3.8) is 0 Å². The quantitative estimate of drug-likeness (QED) is 0.831. The van der Waals surface area contributed by atoms with E-state index in [9.17, 15) is 5.11 Å². The average Bonchev–Trinajstić information content (AvgIpc) is 2.94. The van der Waals surface area contributed by atoms with Crippen LogP contribution in [0.2, 0.25) is 5.15 Å². The maximum atomic E-state index is 9.34. The van der Waals surface area contributed by atoms with Gasteiger partial charge in [0.25, 0.3) is 0 Å². The van der Waals surface area contributed by atoms with Gasteiger partial charge in [-0.05, 0) is 30.5 Å². The zero-order valence-electron chi connectivity index (χ0n) is 9.56. The van der Waals surface area contributed by atoms with E-state index in [1.165, 1.54) is 25.7 Å². The van der Waals surface area contributed by atoms with Crippen molar-refractivity contribution < 1.29 is 5.11 Å². The Hall–Kier alpha value is -1.06. The molecular weight excluding hydrogens is 236 g/mol. The van der Waals surface area contributed by atoms with Crippen LogP contribution in [0.25, 0.3) is 11.0 Å². The first-order valence-electron chi connectivity index (χ1n) is 6.06. The van der Waals surface area contributed by atoms with Crippen molar-refractivity contribution in [1.82, 2.24) is 9.55 Å². The number of hydrogen-bond acceptors (Lipinski definition) is 2. The topological polar surface area (TPSA) is 38.1 Å². The Labute approximate surface area is 105 Å². The van der Waals surface area contributed by atoms with Crippen molar-refractivity contribution in [1.29, 1.82) is 0 Å². The van der Waals surface area contributed by atoms with Crippen LogP contribution in [0.1, 0.15) is 37.3 Å². The zero-order valence-corrected chi connectivity index (χ0v) is 10.3. The highest BCUT2D eigenvalue weighted by molar-refractivity contribution is 6.29. The molecule has 90 valence electrons. The van der Waals surface area contributed by atoms with Crippen LogP contribution in [0.4, 0.5) is 0 Å². The lowest BCUT2D eigenvalue weighted by molar-refractivity contribution is 0.283. The third-order valence-corrected chi connectivity index (χ3v) is 3.82. The number of aliphatic hydroxyl groups is 1. The third-order valence-electron chi connectivity index (χ3n) is 3.63. The second-order valence-electron chi connectivity index (χ2n) is 4.66. The molecule has 2 heterocycles. The van der Waals surface area contributed by atoms with Crippen LogP contribution in [0.5, 0.6) is 0 Å². The van der Waals surface area contributed by atoms with Crippen molar-refractivity contribution >= 4 is 22.6 Å². The van der Waals surface area contributed by atoms with Gasteiger partial charge in [0.15, 0.2) is 0 Å². The maximum absolute atomic E-state index is 9.34. The number of halogens is 1. The fraction of sp³-hybridized carbons (Fsp3) is 0.462. The summed E-state index contributed by atoms with van der Waals surface area (Å²) in [6.07, 6.45) is 7.08. The molecule has 0 saturated heterocycles. The van der Waals surface area contributed by atoms with Gasteiger partial charge in [0.1, 0.15) is 10.8 Å². The van der Waals surface area contributed by atoms with Crippen molar-refractivity contribution in [3.05, 3.63) is 29.0 Å². The van der Waals surface area contributed by atoms with Crippen LogP contribution in [-0.2, 0) is 6.61 Å². The molecule has 0 aromatic carbocycles. The summed E-state index contributed by atoms with van der Waals surface area (Å²) in [6, 6.07) is 4.32. The molecule has 0 bridgehead atoms. The zero-order chi connectivity index (χ0) is 11.8. The van der Waals surface area contributed by atoms with Crippen molar-refractivity contribution in [3.8, 4) is 0 Å². The summed E-state index contributed by atoms with van der Waals surface area (Å²) in [4.78, 5) is 4.41. The molecule has 3 nitrogen and oxygen atoms in total. The van der Waals surface area contributed by atoms with Gasteiger partial charge in [-0.3, -0.25) is 0 Å². The molecule has 4 heteroatoms. The minimum absolute atomic E-state index is 0.00736. The average molecular weight is 251 g/mol. The number of nitrogens with zero attached hydrogens (tertiary/aromatic N) is 2. The van der Waals surface area contributed by atoms with E-state index in [2.05, 4.69) is 15.7 Å². The van der Waals surface area contributed by atoms with E-state index in [-0.39, 0.29) is 6.61 Å². The van der Waals surface area contributed by atoms with Crippen LogP contribution in [-0.4, -0.2) is 14.7 Å². The Morgan fingerprint density at radius 1 is 1.41 bits per heavy atom. The van der Waals surface area contributed by atoms with E-state index < -0.39 is 0 Å². The van der Waals surface area contributed by atoms with Gasteiger partial charge >= 0.3 is 0 Å². The molecule has 1 fully saturated rings. The van der Waals surface area contributed by atoms with E-state index in [0.717, 1.165) is 16.6 Å². The van der Waals surface area contributed by atoms with Gasteiger partial charge < -0.3 is 9.67 Å². The SMILES string of the molecule is OCc1cc(Cl)nc2c1ccn2C1CCCC1. The molecule has 0 unspecified atom stereocenters. The molecule has 2 aromatic heterocycles. The summed E-state index contributed by atoms with van der Waals surface area (Å²) in [5.74, 6) is 0. The smallest absolute Gasteiger partial charge is 0.142 e. The van der Waals surface area contributed by atoms with E-state index >= 15 is 0 Å². The van der Waals surface area contributed by atoms with E-state index in [0.29, 0.717) is 11.2 Å². The summed E-state index contributed by atoms with van der Waals surface area (Å²) >= 11 is 6.00. The summed E-state index contributed by atoms with van der Waals surface area (Å²) in [5.41, 5.74) is 1.77. The Morgan fingerprint density at radius 3 is 2.88 bits per heavy atom. The van der Waals surface area contributed by atoms with Crippen LogP contribution < -0.4 is 0 Å². The lowest BCUT2D eigenvalue weighted by Gasteiger charge is -2.13. The minimum Gasteiger partial charge on any atom is -0.392 e. The standard InChI is InChI=1S/C13H15ClN2O/c14-12-7-9(8-17)11-5-6-16(13(11)15-12)10-3-1-2-4-10/h5-7,10,17H,1-4,8H2. The Kier molecular flexibility index (Phi) is 2.81. The summed E-state index contributed by atoms with van der Waals surface area (Å²) < 4.78 is 2.22. The lowest BCUT2D eigenvalue weighted by Crippen LogP contribution is -2.04. The molecule has 17 heavy (non-hydrogen) atoms. The second-order valence-corrected chi connectivity index (χ2v) is 5.05. The van der Waals surface area contributed by atoms with Crippen LogP contribution in [0.3, 0.4) is 0 Å². The lowest BCUT2D eigenvalue weighted by atomic mass is 10.2. The van der Waals surface area contributed by atoms with E-state index in [1.807, 2.05) is 6.07 Å². The number of hydrogen-bond donors (Lipinski definition) is 1. The molecule has 0 atom stereocenters. The maximum Gasteiger partial charge on any atom is 0.142 e. The predicted molar refractivity (Wildman–Crippen MR) is 68.2 cm³/mol. The van der Waals surface area contributed by atoms with Crippen molar-refractivity contribution in [2.24, 2.45) is 0 Å². The molecular formula is C13H15ClN2O. The molecule has 1 aliphatic rings. The number of aromatic nitrogens is 2. The monoisotopic (exact) mass is 250 g/mol. The van der Waals surface area contributed by atoms with Gasteiger partial charge in [0, 0.05) is 17.6 Å². The van der Waals surface area contributed by atoms with Crippen molar-refractivity contribution in [2.45, 2.75) is 38.3 Å². The molecule has 3 rings (SSSR count). The fourth-order valence-corrected chi connectivity index (χ4v) is 2.98. The Bertz CT molecular complexity index is 544. The van der Waals surface area contributed by atoms with Gasteiger partial charge in [-0.2, -0.15) is 0 Å². The number of aliphatic hydroxyl groups excluding tert-OH is 1. The van der Waals surface area contributed by atoms with Gasteiger partial charge in [-0.15, -0.1) is 0 Å². The van der Waals surface area contributed by atoms with E-state index in [1.54, 1.807) is 6.07 Å². The van der Waals surface area contributed by atoms with Gasteiger partial charge in [-0.25, -0.2) is 4.98 Å². The Morgan fingerprint density at radius 2 is 2.18 bits per heavy atom. The fourth-order valence-electron chi connectivity index (χ4n) is 2.77. The predicted octanol–water partition coefficient (Wildman–Crippen LogP) is 3.30. The molecule has 1 aliphatic carbocycles. The highest BCUT2D eigenvalue weighted by Gasteiger charge is 2.19. The minimum atomic E-state index is 0.00736. The highest BCUT2D eigenvalue weighted by atomic mass is 35.5. The van der Waals surface area contributed by atoms with E-state index in [4.69, 9.17) is 11.6 Å². The molecule has 0 amide bonds. The van der Waals surface area contributed by atoms with Gasteiger partial charge in [0.2, 0.25) is 0 Å². The highest BCUT2D eigenvalue weighted by Crippen LogP contribution is 2.33. The largest absolute Gasteiger partial charge is 0.392 e. The molecule has 0 aliphatic heterocycles. The second kappa shape index (κ2) is 4.31. The van der Waals surface area contributed by atoms with Gasteiger partial charge in [0.05, 0.1) is 6.61 Å². The normalized spacial score (nSPS) is 17.1. The van der Waals surface area contributed by atoms with Crippen LogP contribution in [0, 0.1) is 0 Å². The summed E-state index contributed by atoms with van der Waals surface area (Å²) in [5, 5.41) is 10.8. The molecule has 1 saturated carbocycles. The first-order chi connectivity index (χ1) is 8.29. The molecule has 2 aromatic rings. The first kappa shape index (κ1) is 11.1. The third kappa shape index (κ3) is 1.83. The molecule has 0 radical (unpaired) electrons. The number of rotatable bonds is 2. The summed E-state index contributed by atoms with van der Waals surface area (Å²) in [7, 11) is 0. The van der Waals surface area contributed by atoms with Crippen LogP contribution in [0.15, 0.2) is 18.3 Å². The van der Waals surface area contributed by atoms with Crippen LogP contribution >= 0.6 is 11.6 Å². The van der Waals surface area contributed by atoms with Gasteiger partial charge in [-0.1, -0.05) is 24.4 Å². The Balaban J connectivity index is 2.17. The molecule has 1 N–H and O–H groups in total. The number of pyridine rings is 1. The first-order valence-corrected chi connectivity index (χ1v) is 6.44. The number of fused-ring (bicyclic) bond motifs is 1. The van der Waals surface area contributed by atoms with Crippen molar-refractivity contribution in [2.75, 3.05) is 0 Å². The summed E-state index contributed by atoms with van der Waals surface area (Å²) in [6.45, 7) is 0.00736.